The van der Waals surface area contributed by atoms with E-state index in [0.29, 0.717) is 41.1 Å². The van der Waals surface area contributed by atoms with Crippen LogP contribution in [0.4, 0.5) is 0 Å². The van der Waals surface area contributed by atoms with E-state index in [2.05, 4.69) is 10.6 Å². The van der Waals surface area contributed by atoms with Crippen LogP contribution in [0.3, 0.4) is 0 Å². The Balaban J connectivity index is 1.57. The first-order valence-electron chi connectivity index (χ1n) is 10.3. The molecule has 0 bridgehead atoms. The van der Waals surface area contributed by atoms with Crippen molar-refractivity contribution in [2.75, 3.05) is 19.6 Å². The molecule has 0 spiro atoms. The minimum atomic E-state index is -0.529. The molecule has 0 radical (unpaired) electrons. The largest absolute Gasteiger partial charge is 0.351 e. The van der Waals surface area contributed by atoms with Crippen LogP contribution in [0.2, 0.25) is 15.1 Å². The molecular formula is C23H25Cl3N4O2. The van der Waals surface area contributed by atoms with Crippen LogP contribution in [-0.2, 0) is 16.1 Å². The monoisotopic (exact) mass is 494 g/mol. The van der Waals surface area contributed by atoms with Crippen molar-refractivity contribution < 1.29 is 9.59 Å². The van der Waals surface area contributed by atoms with E-state index in [1.807, 2.05) is 12.1 Å². The van der Waals surface area contributed by atoms with E-state index in [1.54, 1.807) is 41.3 Å². The van der Waals surface area contributed by atoms with Crippen LogP contribution in [0.5, 0.6) is 0 Å². The number of carbonyl (C=O) groups is 2. The van der Waals surface area contributed by atoms with Crippen LogP contribution in [0.15, 0.2) is 48.5 Å². The van der Waals surface area contributed by atoms with E-state index < -0.39 is 6.04 Å². The summed E-state index contributed by atoms with van der Waals surface area (Å²) in [5.41, 5.74) is 7.58. The molecule has 0 aromatic heterocycles. The molecule has 0 unspecified atom stereocenters. The third-order valence-electron chi connectivity index (χ3n) is 5.15. The van der Waals surface area contributed by atoms with Crippen LogP contribution < -0.4 is 16.4 Å². The highest BCUT2D eigenvalue weighted by atomic mass is 35.5. The Morgan fingerprint density at radius 3 is 2.47 bits per heavy atom. The molecule has 3 rings (SSSR count). The van der Waals surface area contributed by atoms with E-state index in [-0.39, 0.29) is 24.4 Å². The number of nitrogens with one attached hydrogen (secondary N) is 2. The quantitative estimate of drug-likeness (QED) is 0.513. The lowest BCUT2D eigenvalue weighted by atomic mass is 10.1. The Bertz CT molecular complexity index is 961. The second-order valence-corrected chi connectivity index (χ2v) is 8.92. The van der Waals surface area contributed by atoms with Crippen molar-refractivity contribution in [1.29, 1.82) is 0 Å². The van der Waals surface area contributed by atoms with Gasteiger partial charge in [-0.25, -0.2) is 0 Å². The van der Waals surface area contributed by atoms with E-state index >= 15 is 0 Å². The summed E-state index contributed by atoms with van der Waals surface area (Å²) in [6.45, 7) is 1.45. The SMILES string of the molecule is NC[C@@H]1N[C@H](CNC(=O)C=Cc2ccc(Cl)cc2)CCN(Cc2cc(Cl)cc(Cl)c2)C1=O. The Labute approximate surface area is 202 Å². The summed E-state index contributed by atoms with van der Waals surface area (Å²) in [4.78, 5) is 26.9. The minimum Gasteiger partial charge on any atom is -0.351 e. The molecule has 2 atom stereocenters. The van der Waals surface area contributed by atoms with Crippen LogP contribution in [0.1, 0.15) is 17.5 Å². The molecule has 1 heterocycles. The molecule has 9 heteroatoms. The van der Waals surface area contributed by atoms with Gasteiger partial charge in [0.25, 0.3) is 0 Å². The zero-order valence-corrected chi connectivity index (χ0v) is 19.6. The van der Waals surface area contributed by atoms with Crippen LogP contribution in [0, 0.1) is 0 Å². The maximum Gasteiger partial charge on any atom is 0.244 e. The van der Waals surface area contributed by atoms with E-state index in [4.69, 9.17) is 40.5 Å². The van der Waals surface area contributed by atoms with Gasteiger partial charge in [-0.15, -0.1) is 0 Å². The lowest BCUT2D eigenvalue weighted by Crippen LogP contribution is -2.51. The fourth-order valence-electron chi connectivity index (χ4n) is 3.52. The molecule has 2 amide bonds. The first-order valence-corrected chi connectivity index (χ1v) is 11.4. The van der Waals surface area contributed by atoms with Gasteiger partial charge in [-0.05, 0) is 54.0 Å². The highest BCUT2D eigenvalue weighted by Crippen LogP contribution is 2.21. The van der Waals surface area contributed by atoms with Crippen molar-refractivity contribution in [2.24, 2.45) is 5.73 Å². The number of halogens is 3. The second kappa shape index (κ2) is 11.7. The molecule has 4 N–H and O–H groups in total. The molecular weight excluding hydrogens is 471 g/mol. The maximum atomic E-state index is 12.9. The Hall–Kier alpha value is -2.09. The molecule has 2 aromatic rings. The summed E-state index contributed by atoms with van der Waals surface area (Å²) < 4.78 is 0. The average molecular weight is 496 g/mol. The van der Waals surface area contributed by atoms with E-state index in [9.17, 15) is 9.59 Å². The van der Waals surface area contributed by atoms with Gasteiger partial charge in [-0.3, -0.25) is 9.59 Å². The van der Waals surface area contributed by atoms with Gasteiger partial charge in [-0.2, -0.15) is 0 Å². The van der Waals surface area contributed by atoms with E-state index in [1.165, 1.54) is 6.08 Å². The number of amides is 2. The Morgan fingerprint density at radius 1 is 1.12 bits per heavy atom. The summed E-state index contributed by atoms with van der Waals surface area (Å²) in [6, 6.07) is 11.8. The predicted molar refractivity (Wildman–Crippen MR) is 130 cm³/mol. The first-order chi connectivity index (χ1) is 15.3. The van der Waals surface area contributed by atoms with Gasteiger partial charge in [0.2, 0.25) is 11.8 Å². The number of nitrogens with two attached hydrogens (primary N) is 1. The Kier molecular flexibility index (Phi) is 8.96. The lowest BCUT2D eigenvalue weighted by molar-refractivity contribution is -0.133. The summed E-state index contributed by atoms with van der Waals surface area (Å²) in [5, 5.41) is 7.84. The predicted octanol–water partition coefficient (Wildman–Crippen LogP) is 3.49. The fourth-order valence-corrected chi connectivity index (χ4v) is 4.22. The van der Waals surface area contributed by atoms with Gasteiger partial charge >= 0.3 is 0 Å². The van der Waals surface area contributed by atoms with Crippen LogP contribution in [0.25, 0.3) is 6.08 Å². The molecule has 1 aliphatic rings. The van der Waals surface area contributed by atoms with Crippen molar-refractivity contribution in [3.05, 3.63) is 74.7 Å². The third kappa shape index (κ3) is 7.22. The number of rotatable bonds is 7. The first kappa shape index (κ1) is 24.6. The highest BCUT2D eigenvalue weighted by molar-refractivity contribution is 6.34. The van der Waals surface area contributed by atoms with Gasteiger partial charge < -0.3 is 21.3 Å². The van der Waals surface area contributed by atoms with Gasteiger partial charge in [0, 0.05) is 53.4 Å². The standard InChI is InChI=1S/C23H25Cl3N4O2/c24-17-4-1-15(2-5-17)3-6-22(31)28-13-20-7-8-30(23(32)21(12-27)29-20)14-16-9-18(25)11-19(26)10-16/h1-6,9-11,20-21,29H,7-8,12-14,27H2,(H,28,31)/t20-,21-/m0/s1. The number of hydrogen-bond donors (Lipinski definition) is 3. The zero-order valence-electron chi connectivity index (χ0n) is 17.4. The molecule has 0 saturated carbocycles. The lowest BCUT2D eigenvalue weighted by Gasteiger charge is -2.24. The van der Waals surface area contributed by atoms with Crippen molar-refractivity contribution in [2.45, 2.75) is 25.0 Å². The second-order valence-electron chi connectivity index (χ2n) is 7.61. The molecule has 1 saturated heterocycles. The summed E-state index contributed by atoms with van der Waals surface area (Å²) >= 11 is 18.0. The molecule has 0 aliphatic carbocycles. The van der Waals surface area contributed by atoms with Gasteiger partial charge in [-0.1, -0.05) is 46.9 Å². The normalized spacial score (nSPS) is 19.2. The van der Waals surface area contributed by atoms with Crippen molar-refractivity contribution >= 4 is 52.7 Å². The fraction of sp³-hybridized carbons (Fsp3) is 0.304. The van der Waals surface area contributed by atoms with Crippen molar-refractivity contribution in [1.82, 2.24) is 15.5 Å². The number of benzene rings is 2. The average Bonchev–Trinajstić information content (AvgIpc) is 2.90. The van der Waals surface area contributed by atoms with Crippen molar-refractivity contribution in [3.63, 3.8) is 0 Å². The Morgan fingerprint density at radius 2 is 1.81 bits per heavy atom. The molecule has 6 nitrogen and oxygen atoms in total. The highest BCUT2D eigenvalue weighted by Gasteiger charge is 2.30. The van der Waals surface area contributed by atoms with Crippen LogP contribution >= 0.6 is 34.8 Å². The van der Waals surface area contributed by atoms with Crippen molar-refractivity contribution in [3.8, 4) is 0 Å². The molecule has 2 aromatic carbocycles. The summed E-state index contributed by atoms with van der Waals surface area (Å²) in [6.07, 6.45) is 3.86. The maximum absolute atomic E-state index is 12.9. The minimum absolute atomic E-state index is 0.0833. The number of nitrogens with zero attached hydrogens (tertiary/aromatic N) is 1. The number of hydrogen-bond acceptors (Lipinski definition) is 4. The topological polar surface area (TPSA) is 87.5 Å². The van der Waals surface area contributed by atoms with Gasteiger partial charge in [0.15, 0.2) is 0 Å². The van der Waals surface area contributed by atoms with Gasteiger partial charge in [0.05, 0.1) is 6.04 Å². The smallest absolute Gasteiger partial charge is 0.244 e. The molecule has 170 valence electrons. The van der Waals surface area contributed by atoms with E-state index in [0.717, 1.165) is 11.1 Å². The number of carbonyl (C=O) groups excluding carboxylic acids is 2. The van der Waals surface area contributed by atoms with Crippen LogP contribution in [-0.4, -0.2) is 48.4 Å². The zero-order chi connectivity index (χ0) is 23.1. The third-order valence-corrected chi connectivity index (χ3v) is 5.83. The van der Waals surface area contributed by atoms with Gasteiger partial charge in [0.1, 0.15) is 0 Å². The summed E-state index contributed by atoms with van der Waals surface area (Å²) in [7, 11) is 0. The molecule has 32 heavy (non-hydrogen) atoms. The molecule has 1 fully saturated rings. The summed E-state index contributed by atoms with van der Waals surface area (Å²) in [5.74, 6) is -0.299. The molecule has 1 aliphatic heterocycles.